The Morgan fingerprint density at radius 3 is 2.03 bits per heavy atom. The first-order valence-electron chi connectivity index (χ1n) is 11.3. The minimum absolute atomic E-state index is 0.246. The van der Waals surface area contributed by atoms with Crippen LogP contribution in [-0.4, -0.2) is 0 Å². The largest absolute Gasteiger partial charge is 0.204 e. The molecule has 158 valence electrons. The van der Waals surface area contributed by atoms with Gasteiger partial charge >= 0.3 is 0 Å². The number of benzene rings is 1. The molecule has 0 N–H and O–H groups in total. The minimum atomic E-state index is -0.762. The lowest BCUT2D eigenvalue weighted by Gasteiger charge is -2.29. The summed E-state index contributed by atoms with van der Waals surface area (Å²) in [5.74, 6) is 0.0201. The molecule has 2 saturated carbocycles. The summed E-state index contributed by atoms with van der Waals surface area (Å²) in [6.45, 7) is 0. The van der Waals surface area contributed by atoms with Crippen molar-refractivity contribution in [3.05, 3.63) is 47.3 Å². The Balaban J connectivity index is 1.29. The molecule has 0 amide bonds. The summed E-state index contributed by atoms with van der Waals surface area (Å²) in [5, 5.41) is 8.54. The van der Waals surface area contributed by atoms with E-state index < -0.39 is 17.5 Å². The Labute approximate surface area is 173 Å². The van der Waals surface area contributed by atoms with Gasteiger partial charge in [0.1, 0.15) is 6.07 Å². The normalized spacial score (nSPS) is 28.1. The minimum Gasteiger partial charge on any atom is -0.204 e. The van der Waals surface area contributed by atoms with Crippen LogP contribution in [0.1, 0.15) is 88.5 Å². The molecule has 1 nitrogen and oxygen atoms in total. The van der Waals surface area contributed by atoms with Gasteiger partial charge in [0.25, 0.3) is 0 Å². The maximum atomic E-state index is 13.5. The lowest BCUT2D eigenvalue weighted by Crippen LogP contribution is -2.15. The zero-order valence-corrected chi connectivity index (χ0v) is 17.2. The zero-order chi connectivity index (χ0) is 20.6. The molecule has 1 aromatic carbocycles. The van der Waals surface area contributed by atoms with Gasteiger partial charge in [-0.15, -0.1) is 0 Å². The van der Waals surface area contributed by atoms with Crippen molar-refractivity contribution in [2.24, 2.45) is 17.8 Å². The van der Waals surface area contributed by atoms with Gasteiger partial charge in [0.15, 0.2) is 17.5 Å². The molecule has 0 aliphatic heterocycles. The Morgan fingerprint density at radius 1 is 0.897 bits per heavy atom. The first kappa shape index (κ1) is 21.9. The van der Waals surface area contributed by atoms with E-state index in [1.807, 2.05) is 0 Å². The molecule has 4 heteroatoms. The lowest BCUT2D eigenvalue weighted by molar-refractivity contribution is 0.272. The van der Waals surface area contributed by atoms with Gasteiger partial charge < -0.3 is 0 Å². The molecule has 0 heterocycles. The highest BCUT2D eigenvalue weighted by Gasteiger charge is 2.24. The van der Waals surface area contributed by atoms with Crippen molar-refractivity contribution < 1.29 is 13.2 Å². The summed E-state index contributed by atoms with van der Waals surface area (Å²) in [6, 6.07) is 5.94. The van der Waals surface area contributed by atoms with Crippen LogP contribution >= 0.6 is 0 Å². The molecule has 0 unspecified atom stereocenters. The maximum absolute atomic E-state index is 13.5. The molecule has 29 heavy (non-hydrogen) atoms. The Bertz CT molecular complexity index is 720. The monoisotopic (exact) mass is 403 g/mol. The van der Waals surface area contributed by atoms with E-state index in [-0.39, 0.29) is 5.92 Å². The van der Waals surface area contributed by atoms with E-state index in [9.17, 15) is 13.2 Å². The fourth-order valence-electron chi connectivity index (χ4n) is 5.30. The van der Waals surface area contributed by atoms with E-state index in [4.69, 9.17) is 5.26 Å². The topological polar surface area (TPSA) is 23.8 Å². The summed E-state index contributed by atoms with van der Waals surface area (Å²) in [6.07, 6.45) is 15.4. The van der Waals surface area contributed by atoms with Crippen LogP contribution in [0.4, 0.5) is 13.2 Å². The third-order valence-electron chi connectivity index (χ3n) is 7.12. The van der Waals surface area contributed by atoms with Gasteiger partial charge in [-0.05, 0) is 98.8 Å². The van der Waals surface area contributed by atoms with Crippen molar-refractivity contribution in [2.75, 3.05) is 0 Å². The van der Waals surface area contributed by atoms with E-state index in [0.29, 0.717) is 5.92 Å². The number of halogens is 3. The third kappa shape index (κ3) is 6.63. The summed E-state index contributed by atoms with van der Waals surface area (Å²) in [4.78, 5) is 0. The Kier molecular flexibility index (Phi) is 8.21. The van der Waals surface area contributed by atoms with E-state index >= 15 is 0 Å². The molecule has 0 radical (unpaired) electrons. The third-order valence-corrected chi connectivity index (χ3v) is 7.12. The van der Waals surface area contributed by atoms with Gasteiger partial charge in [0.2, 0.25) is 0 Å². The molecule has 1 aromatic rings. The van der Waals surface area contributed by atoms with Crippen LogP contribution in [0, 0.1) is 40.7 Å². The molecular weight excluding hydrogens is 371 g/mol. The van der Waals surface area contributed by atoms with E-state index in [2.05, 4.69) is 0 Å². The number of hydrogen-bond donors (Lipinski definition) is 0. The van der Waals surface area contributed by atoms with Crippen LogP contribution in [0.25, 0.3) is 0 Å². The van der Waals surface area contributed by atoms with Crippen LogP contribution in [0.2, 0.25) is 0 Å². The van der Waals surface area contributed by atoms with Crippen molar-refractivity contribution in [1.29, 1.82) is 5.26 Å². The molecule has 0 saturated heterocycles. The fraction of sp³-hybridized carbons (Fsp3) is 0.640. The summed E-state index contributed by atoms with van der Waals surface area (Å²) >= 11 is 0. The van der Waals surface area contributed by atoms with Crippen molar-refractivity contribution in [3.8, 4) is 6.07 Å². The first-order valence-corrected chi connectivity index (χ1v) is 11.3. The van der Waals surface area contributed by atoms with Gasteiger partial charge in [0, 0.05) is 0 Å². The number of nitriles is 1. The number of nitrogens with zero attached hydrogens (tertiary/aromatic N) is 1. The summed E-state index contributed by atoms with van der Waals surface area (Å²) < 4.78 is 39.6. The maximum Gasteiger partial charge on any atom is 0.196 e. The number of rotatable bonds is 7. The molecule has 0 aromatic heterocycles. The molecule has 0 spiro atoms. The predicted molar refractivity (Wildman–Crippen MR) is 110 cm³/mol. The van der Waals surface area contributed by atoms with E-state index in [1.54, 1.807) is 12.1 Å². The molecule has 2 aliphatic rings. The molecule has 3 rings (SSSR count). The van der Waals surface area contributed by atoms with Gasteiger partial charge in [-0.2, -0.15) is 9.65 Å². The van der Waals surface area contributed by atoms with Gasteiger partial charge in [0.05, 0.1) is 0 Å². The number of hydrogen-bond acceptors (Lipinski definition) is 1. The second kappa shape index (κ2) is 10.9. The number of unbranched alkanes of at least 4 members (excludes halogenated alkanes) is 1. The second-order valence-electron chi connectivity index (χ2n) is 9.08. The van der Waals surface area contributed by atoms with Gasteiger partial charge in [-0.3, -0.25) is 0 Å². The Hall–Kier alpha value is -1.76. The number of allylic oxidation sites excluding steroid dienone is 2. The second-order valence-corrected chi connectivity index (χ2v) is 9.08. The highest BCUT2D eigenvalue weighted by Crippen LogP contribution is 2.39. The van der Waals surface area contributed by atoms with E-state index in [1.165, 1.54) is 56.7 Å². The smallest absolute Gasteiger partial charge is 0.196 e. The van der Waals surface area contributed by atoms with Crippen molar-refractivity contribution in [2.45, 2.75) is 83.0 Å². The van der Waals surface area contributed by atoms with Crippen LogP contribution in [0.5, 0.6) is 0 Å². The molecule has 0 atom stereocenters. The molecule has 2 aliphatic carbocycles. The van der Waals surface area contributed by atoms with Crippen LogP contribution in [-0.2, 0) is 0 Å². The zero-order valence-electron chi connectivity index (χ0n) is 17.2. The highest BCUT2D eigenvalue weighted by molar-refractivity contribution is 5.22. The van der Waals surface area contributed by atoms with Crippen LogP contribution < -0.4 is 0 Å². The molecule has 2 fully saturated rings. The van der Waals surface area contributed by atoms with E-state index in [0.717, 1.165) is 55.9 Å². The average Bonchev–Trinajstić information content (AvgIpc) is 2.74. The summed E-state index contributed by atoms with van der Waals surface area (Å²) in [7, 11) is 0. The molecular formula is C25H32F3N. The van der Waals surface area contributed by atoms with Crippen molar-refractivity contribution >= 4 is 0 Å². The average molecular weight is 404 g/mol. The van der Waals surface area contributed by atoms with Crippen molar-refractivity contribution in [1.82, 2.24) is 0 Å². The van der Waals surface area contributed by atoms with Gasteiger partial charge in [-0.1, -0.05) is 31.7 Å². The summed E-state index contributed by atoms with van der Waals surface area (Å²) in [5.41, 5.74) is 0.947. The van der Waals surface area contributed by atoms with Gasteiger partial charge in [-0.25, -0.2) is 8.78 Å². The fourth-order valence-corrected chi connectivity index (χ4v) is 5.30. The molecule has 0 bridgehead atoms. The highest BCUT2D eigenvalue weighted by atomic mass is 19.2. The van der Waals surface area contributed by atoms with Crippen LogP contribution in [0.15, 0.2) is 30.1 Å². The van der Waals surface area contributed by atoms with Crippen LogP contribution in [0.3, 0.4) is 0 Å². The Morgan fingerprint density at radius 2 is 1.48 bits per heavy atom. The van der Waals surface area contributed by atoms with Crippen molar-refractivity contribution in [3.63, 3.8) is 0 Å². The SMILES string of the molecule is N#CC(F)=CC1CCC(CCCCC2CCC(c3ccc(F)c(F)c3)CC2)CC1. The quantitative estimate of drug-likeness (QED) is 0.334. The predicted octanol–water partition coefficient (Wildman–Crippen LogP) is 7.98. The first-order chi connectivity index (χ1) is 14.0. The lowest BCUT2D eigenvalue weighted by atomic mass is 9.76. The standard InChI is InChI=1S/C25H32F3N/c26-23(17-29)15-20-7-5-18(6-8-20)3-1-2-4-19-9-11-21(12-10-19)22-13-14-24(27)25(28)16-22/h13-16,18-21H,1-12H2.